The SMILES string of the molecule is Cc1c(O)ccc(NC(=O)c2csc(C3CCN(C(=O)Cc4ccc(F)cc4)CC3)n2)c1C. The molecule has 4 rings (SSSR count). The molecule has 33 heavy (non-hydrogen) atoms. The van der Waals surface area contributed by atoms with Gasteiger partial charge in [-0.1, -0.05) is 12.1 Å². The number of hydrogen-bond acceptors (Lipinski definition) is 5. The second kappa shape index (κ2) is 9.70. The first-order valence-electron chi connectivity index (χ1n) is 10.9. The van der Waals surface area contributed by atoms with E-state index in [1.165, 1.54) is 23.5 Å². The van der Waals surface area contributed by atoms with Gasteiger partial charge < -0.3 is 15.3 Å². The predicted octanol–water partition coefficient (Wildman–Crippen LogP) is 4.81. The van der Waals surface area contributed by atoms with Crippen LogP contribution in [-0.2, 0) is 11.2 Å². The summed E-state index contributed by atoms with van der Waals surface area (Å²) in [6, 6.07) is 9.27. The van der Waals surface area contributed by atoms with Crippen LogP contribution in [0.15, 0.2) is 41.8 Å². The van der Waals surface area contributed by atoms with Crippen LogP contribution in [0.1, 0.15) is 50.9 Å². The van der Waals surface area contributed by atoms with Crippen LogP contribution in [0, 0.1) is 19.7 Å². The van der Waals surface area contributed by atoms with Crippen molar-refractivity contribution in [3.05, 3.63) is 75.0 Å². The summed E-state index contributed by atoms with van der Waals surface area (Å²) in [7, 11) is 0. The highest BCUT2D eigenvalue weighted by atomic mass is 32.1. The number of aromatic hydroxyl groups is 1. The molecule has 1 aromatic heterocycles. The van der Waals surface area contributed by atoms with Crippen molar-refractivity contribution in [1.29, 1.82) is 0 Å². The highest BCUT2D eigenvalue weighted by molar-refractivity contribution is 7.10. The minimum absolute atomic E-state index is 0.0406. The molecule has 172 valence electrons. The number of thiazole rings is 1. The van der Waals surface area contributed by atoms with Gasteiger partial charge in [-0.05, 0) is 67.6 Å². The van der Waals surface area contributed by atoms with E-state index in [1.807, 2.05) is 11.8 Å². The van der Waals surface area contributed by atoms with E-state index < -0.39 is 0 Å². The number of phenols is 1. The summed E-state index contributed by atoms with van der Waals surface area (Å²) in [4.78, 5) is 31.7. The van der Waals surface area contributed by atoms with Crippen LogP contribution >= 0.6 is 11.3 Å². The molecule has 0 radical (unpaired) electrons. The molecule has 3 aromatic rings. The lowest BCUT2D eigenvalue weighted by Gasteiger charge is -2.31. The summed E-state index contributed by atoms with van der Waals surface area (Å²) in [6.07, 6.45) is 1.85. The van der Waals surface area contributed by atoms with Crippen molar-refractivity contribution in [3.8, 4) is 5.75 Å². The van der Waals surface area contributed by atoms with Crippen molar-refractivity contribution in [3.63, 3.8) is 0 Å². The van der Waals surface area contributed by atoms with Gasteiger partial charge in [0, 0.05) is 30.1 Å². The Bertz CT molecular complexity index is 1170. The molecule has 6 nitrogen and oxygen atoms in total. The van der Waals surface area contributed by atoms with Gasteiger partial charge in [-0.3, -0.25) is 9.59 Å². The lowest BCUT2D eigenvalue weighted by Crippen LogP contribution is -2.38. The fourth-order valence-electron chi connectivity index (χ4n) is 3.97. The van der Waals surface area contributed by atoms with Gasteiger partial charge in [0.15, 0.2) is 0 Å². The van der Waals surface area contributed by atoms with E-state index in [1.54, 1.807) is 36.6 Å². The molecule has 2 N–H and O–H groups in total. The van der Waals surface area contributed by atoms with Crippen LogP contribution in [0.3, 0.4) is 0 Å². The Balaban J connectivity index is 1.33. The second-order valence-corrected chi connectivity index (χ2v) is 9.26. The van der Waals surface area contributed by atoms with E-state index in [2.05, 4.69) is 10.3 Å². The first-order chi connectivity index (χ1) is 15.8. The summed E-state index contributed by atoms with van der Waals surface area (Å²) in [6.45, 7) is 4.93. The standard InChI is InChI=1S/C25H26FN3O3S/c1-15-16(2)22(30)8-7-20(15)27-24(32)21-14-33-25(28-21)18-9-11-29(12-10-18)23(31)13-17-3-5-19(26)6-4-17/h3-8,14,18,30H,9-13H2,1-2H3,(H,27,32). The number of carbonyl (C=O) groups excluding carboxylic acids is 2. The van der Waals surface area contributed by atoms with Gasteiger partial charge in [0.05, 0.1) is 11.4 Å². The molecule has 2 aromatic carbocycles. The van der Waals surface area contributed by atoms with Crippen LogP contribution in [0.4, 0.5) is 10.1 Å². The number of benzene rings is 2. The smallest absolute Gasteiger partial charge is 0.275 e. The first kappa shape index (κ1) is 22.9. The third-order valence-electron chi connectivity index (χ3n) is 6.23. The monoisotopic (exact) mass is 467 g/mol. The van der Waals surface area contributed by atoms with Gasteiger partial charge in [-0.15, -0.1) is 11.3 Å². The molecule has 0 atom stereocenters. The van der Waals surface area contributed by atoms with Crippen LogP contribution in [0.2, 0.25) is 0 Å². The molecule has 0 aliphatic carbocycles. The number of halogens is 1. The van der Waals surface area contributed by atoms with Gasteiger partial charge >= 0.3 is 0 Å². The topological polar surface area (TPSA) is 82.5 Å². The molecular weight excluding hydrogens is 441 g/mol. The maximum absolute atomic E-state index is 13.1. The summed E-state index contributed by atoms with van der Waals surface area (Å²) in [5, 5.41) is 15.3. The fraction of sp³-hybridized carbons (Fsp3) is 0.320. The number of likely N-dealkylation sites (tertiary alicyclic amines) is 1. The molecule has 1 saturated heterocycles. The van der Waals surface area contributed by atoms with Crippen LogP contribution < -0.4 is 5.32 Å². The number of hydrogen-bond donors (Lipinski definition) is 2. The van der Waals surface area contributed by atoms with Crippen LogP contribution in [-0.4, -0.2) is 39.9 Å². The maximum atomic E-state index is 13.1. The van der Waals surface area contributed by atoms with Crippen molar-refractivity contribution in [2.45, 2.75) is 39.0 Å². The zero-order chi connectivity index (χ0) is 23.5. The van der Waals surface area contributed by atoms with Crippen molar-refractivity contribution >= 4 is 28.8 Å². The predicted molar refractivity (Wildman–Crippen MR) is 126 cm³/mol. The summed E-state index contributed by atoms with van der Waals surface area (Å²) < 4.78 is 13.1. The average molecular weight is 468 g/mol. The fourth-order valence-corrected chi connectivity index (χ4v) is 4.94. The zero-order valence-corrected chi connectivity index (χ0v) is 19.4. The van der Waals surface area contributed by atoms with E-state index >= 15 is 0 Å². The Morgan fingerprint density at radius 1 is 1.12 bits per heavy atom. The van der Waals surface area contributed by atoms with Crippen molar-refractivity contribution in [2.75, 3.05) is 18.4 Å². The molecular formula is C25H26FN3O3S. The maximum Gasteiger partial charge on any atom is 0.275 e. The number of phenolic OH excluding ortho intramolecular Hbond substituents is 1. The van der Waals surface area contributed by atoms with E-state index in [4.69, 9.17) is 0 Å². The Hall–Kier alpha value is -3.26. The lowest BCUT2D eigenvalue weighted by molar-refractivity contribution is -0.131. The van der Waals surface area contributed by atoms with E-state index in [0.29, 0.717) is 24.5 Å². The molecule has 1 aliphatic heterocycles. The number of piperidine rings is 1. The minimum atomic E-state index is -0.308. The Labute approximate surface area is 196 Å². The molecule has 0 saturated carbocycles. The lowest BCUT2D eigenvalue weighted by atomic mass is 9.97. The quantitative estimate of drug-likeness (QED) is 0.528. The van der Waals surface area contributed by atoms with Gasteiger partial charge in [0.2, 0.25) is 5.91 Å². The molecule has 8 heteroatoms. The van der Waals surface area contributed by atoms with Crippen LogP contribution in [0.25, 0.3) is 0 Å². The van der Waals surface area contributed by atoms with Crippen molar-refractivity contribution in [2.24, 2.45) is 0 Å². The minimum Gasteiger partial charge on any atom is -0.508 e. The summed E-state index contributed by atoms with van der Waals surface area (Å²) >= 11 is 1.47. The van der Waals surface area contributed by atoms with Crippen molar-refractivity contribution < 1.29 is 19.1 Å². The third kappa shape index (κ3) is 5.22. The highest BCUT2D eigenvalue weighted by Gasteiger charge is 2.26. The van der Waals surface area contributed by atoms with Crippen LogP contribution in [0.5, 0.6) is 5.75 Å². The third-order valence-corrected chi connectivity index (χ3v) is 7.23. The number of amides is 2. The normalized spacial score (nSPS) is 14.3. The Morgan fingerprint density at radius 3 is 2.52 bits per heavy atom. The number of anilines is 1. The Kier molecular flexibility index (Phi) is 6.74. The van der Waals surface area contributed by atoms with E-state index in [0.717, 1.165) is 34.5 Å². The number of nitrogens with one attached hydrogen (secondary N) is 1. The molecule has 0 bridgehead atoms. The number of rotatable bonds is 5. The first-order valence-corrected chi connectivity index (χ1v) is 11.8. The second-order valence-electron chi connectivity index (χ2n) is 8.37. The van der Waals surface area contributed by atoms with Crippen molar-refractivity contribution in [1.82, 2.24) is 9.88 Å². The van der Waals surface area contributed by atoms with Gasteiger partial charge in [0.1, 0.15) is 17.3 Å². The summed E-state index contributed by atoms with van der Waals surface area (Å²) in [5.74, 6) is -0.138. The van der Waals surface area contributed by atoms with E-state index in [9.17, 15) is 19.1 Å². The molecule has 2 heterocycles. The summed E-state index contributed by atoms with van der Waals surface area (Å²) in [5.41, 5.74) is 3.37. The number of carbonyl (C=O) groups is 2. The molecule has 0 spiro atoms. The molecule has 0 unspecified atom stereocenters. The van der Waals surface area contributed by atoms with Gasteiger partial charge in [-0.25, -0.2) is 9.37 Å². The number of aromatic nitrogens is 1. The largest absolute Gasteiger partial charge is 0.508 e. The average Bonchev–Trinajstić information content (AvgIpc) is 3.31. The van der Waals surface area contributed by atoms with E-state index in [-0.39, 0.29) is 35.7 Å². The molecule has 2 amide bonds. The molecule has 1 aliphatic rings. The highest BCUT2D eigenvalue weighted by Crippen LogP contribution is 2.31. The van der Waals surface area contributed by atoms with Gasteiger partial charge in [-0.2, -0.15) is 0 Å². The molecule has 1 fully saturated rings. The zero-order valence-electron chi connectivity index (χ0n) is 18.6. The number of nitrogens with zero attached hydrogens (tertiary/aromatic N) is 2. The van der Waals surface area contributed by atoms with Gasteiger partial charge in [0.25, 0.3) is 5.91 Å². The Morgan fingerprint density at radius 2 is 1.82 bits per heavy atom.